The van der Waals surface area contributed by atoms with E-state index < -0.39 is 23.0 Å². The predicted molar refractivity (Wildman–Crippen MR) is 83.3 cm³/mol. The maximum absolute atomic E-state index is 12.3. The molecule has 1 heterocycles. The number of rotatable bonds is 6. The zero-order chi connectivity index (χ0) is 17.0. The van der Waals surface area contributed by atoms with Crippen molar-refractivity contribution >= 4 is 23.2 Å². The summed E-state index contributed by atoms with van der Waals surface area (Å²) in [5.41, 5.74) is -0.563. The fourth-order valence-electron chi connectivity index (χ4n) is 2.18. The Hall–Kier alpha value is -2.38. The first-order valence-corrected chi connectivity index (χ1v) is 7.23. The molecule has 2 rings (SSSR count). The molecule has 7 nitrogen and oxygen atoms in total. The summed E-state index contributed by atoms with van der Waals surface area (Å²) in [6, 6.07) is 6.85. The number of hydrogen-bond donors (Lipinski definition) is 2. The van der Waals surface area contributed by atoms with E-state index >= 15 is 0 Å². The molecule has 0 bridgehead atoms. The molecular weight excluding hydrogens is 324 g/mol. The van der Waals surface area contributed by atoms with E-state index in [-0.39, 0.29) is 22.7 Å². The molecule has 0 aliphatic rings. The molecule has 0 aliphatic carbocycles. The SMILES string of the molecule is C[C@H](C[C@H](O)c1ccco1)NC(=O)c1c(Cl)cccc1[N+](=O)[O-]. The fraction of sp³-hybridized carbons (Fsp3) is 0.267. The minimum Gasteiger partial charge on any atom is -0.467 e. The van der Waals surface area contributed by atoms with E-state index in [2.05, 4.69) is 5.32 Å². The number of carbonyl (C=O) groups is 1. The summed E-state index contributed by atoms with van der Waals surface area (Å²) in [5.74, 6) is -0.281. The second-order valence-corrected chi connectivity index (χ2v) is 5.44. The van der Waals surface area contributed by atoms with Gasteiger partial charge in [-0.25, -0.2) is 0 Å². The van der Waals surface area contributed by atoms with Crippen LogP contribution in [0.4, 0.5) is 5.69 Å². The summed E-state index contributed by atoms with van der Waals surface area (Å²) in [7, 11) is 0. The van der Waals surface area contributed by atoms with E-state index in [1.807, 2.05) is 0 Å². The maximum Gasteiger partial charge on any atom is 0.283 e. The van der Waals surface area contributed by atoms with Crippen molar-refractivity contribution in [1.82, 2.24) is 5.32 Å². The topological polar surface area (TPSA) is 106 Å². The van der Waals surface area contributed by atoms with Gasteiger partial charge in [-0.3, -0.25) is 14.9 Å². The second kappa shape index (κ2) is 7.26. The smallest absolute Gasteiger partial charge is 0.283 e. The highest BCUT2D eigenvalue weighted by Crippen LogP contribution is 2.26. The van der Waals surface area contributed by atoms with Crippen LogP contribution in [0.2, 0.25) is 5.02 Å². The number of aliphatic hydroxyl groups excluding tert-OH is 1. The number of aliphatic hydroxyl groups is 1. The lowest BCUT2D eigenvalue weighted by atomic mass is 10.1. The number of carbonyl (C=O) groups excluding carboxylic acids is 1. The van der Waals surface area contributed by atoms with E-state index in [0.717, 1.165) is 0 Å². The Balaban J connectivity index is 2.09. The molecule has 122 valence electrons. The Morgan fingerprint density at radius 3 is 2.78 bits per heavy atom. The van der Waals surface area contributed by atoms with Crippen LogP contribution in [0, 0.1) is 10.1 Å². The molecule has 0 saturated carbocycles. The molecule has 0 spiro atoms. The molecule has 0 unspecified atom stereocenters. The van der Waals surface area contributed by atoms with E-state index in [1.54, 1.807) is 19.1 Å². The summed E-state index contributed by atoms with van der Waals surface area (Å²) >= 11 is 5.91. The Morgan fingerprint density at radius 1 is 1.43 bits per heavy atom. The quantitative estimate of drug-likeness (QED) is 0.622. The number of benzene rings is 1. The van der Waals surface area contributed by atoms with E-state index in [4.69, 9.17) is 16.0 Å². The van der Waals surface area contributed by atoms with E-state index in [9.17, 15) is 20.0 Å². The highest BCUT2D eigenvalue weighted by atomic mass is 35.5. The minimum atomic E-state index is -0.887. The van der Waals surface area contributed by atoms with Gasteiger partial charge in [0.25, 0.3) is 11.6 Å². The number of nitro groups is 1. The molecular formula is C15H15ClN2O5. The third kappa shape index (κ3) is 4.08. The fourth-order valence-corrected chi connectivity index (χ4v) is 2.43. The molecule has 1 aromatic heterocycles. The Morgan fingerprint density at radius 2 is 2.17 bits per heavy atom. The van der Waals surface area contributed by atoms with Crippen LogP contribution in [-0.2, 0) is 0 Å². The molecule has 0 radical (unpaired) electrons. The summed E-state index contributed by atoms with van der Waals surface area (Å²) in [5, 5.41) is 23.6. The molecule has 8 heteroatoms. The molecule has 2 atom stereocenters. The first-order chi connectivity index (χ1) is 10.9. The van der Waals surface area contributed by atoms with Crippen LogP contribution in [0.3, 0.4) is 0 Å². The van der Waals surface area contributed by atoms with Crippen LogP contribution >= 0.6 is 11.6 Å². The first-order valence-electron chi connectivity index (χ1n) is 6.85. The molecule has 1 aromatic carbocycles. The van der Waals surface area contributed by atoms with Crippen LogP contribution in [0.1, 0.15) is 35.6 Å². The molecule has 23 heavy (non-hydrogen) atoms. The van der Waals surface area contributed by atoms with Crippen molar-refractivity contribution in [3.63, 3.8) is 0 Å². The largest absolute Gasteiger partial charge is 0.467 e. The molecule has 0 saturated heterocycles. The van der Waals surface area contributed by atoms with Gasteiger partial charge in [0.15, 0.2) is 0 Å². The van der Waals surface area contributed by atoms with Crippen LogP contribution in [0.25, 0.3) is 0 Å². The first kappa shape index (κ1) is 17.0. The van der Waals surface area contributed by atoms with Gasteiger partial charge in [0.1, 0.15) is 17.4 Å². The van der Waals surface area contributed by atoms with Gasteiger partial charge >= 0.3 is 0 Å². The van der Waals surface area contributed by atoms with Crippen molar-refractivity contribution in [2.45, 2.75) is 25.5 Å². The molecule has 0 aliphatic heterocycles. The highest BCUT2D eigenvalue weighted by molar-refractivity contribution is 6.34. The monoisotopic (exact) mass is 338 g/mol. The van der Waals surface area contributed by atoms with Gasteiger partial charge < -0.3 is 14.8 Å². The van der Waals surface area contributed by atoms with E-state index in [0.29, 0.717) is 5.76 Å². The molecule has 2 aromatic rings. The van der Waals surface area contributed by atoms with Crippen molar-refractivity contribution in [3.8, 4) is 0 Å². The third-order valence-corrected chi connectivity index (χ3v) is 3.56. The zero-order valence-corrected chi connectivity index (χ0v) is 13.0. The van der Waals surface area contributed by atoms with Gasteiger partial charge in [0.05, 0.1) is 16.2 Å². The number of nitrogens with one attached hydrogen (secondary N) is 1. The van der Waals surface area contributed by atoms with Crippen molar-refractivity contribution in [3.05, 3.63) is 63.1 Å². The number of hydrogen-bond acceptors (Lipinski definition) is 5. The summed E-state index contributed by atoms with van der Waals surface area (Å²) < 4.78 is 5.08. The average Bonchev–Trinajstić information content (AvgIpc) is 3.00. The van der Waals surface area contributed by atoms with Crippen molar-refractivity contribution in [1.29, 1.82) is 0 Å². The highest BCUT2D eigenvalue weighted by Gasteiger charge is 2.25. The molecule has 0 fully saturated rings. The van der Waals surface area contributed by atoms with Crippen molar-refractivity contribution in [2.24, 2.45) is 0 Å². The Labute approximate surface area is 137 Å². The number of furan rings is 1. The van der Waals surface area contributed by atoms with Gasteiger partial charge in [-0.15, -0.1) is 0 Å². The van der Waals surface area contributed by atoms with Gasteiger partial charge in [-0.05, 0) is 25.1 Å². The number of amides is 1. The van der Waals surface area contributed by atoms with Gasteiger partial charge in [-0.1, -0.05) is 17.7 Å². The standard InChI is InChI=1S/C15H15ClN2O5/c1-9(8-12(19)13-6-3-7-23-13)17-15(20)14-10(16)4-2-5-11(14)18(21)22/h2-7,9,12,19H,8H2,1H3,(H,17,20)/t9-,12+/m1/s1. The van der Waals surface area contributed by atoms with Crippen molar-refractivity contribution < 1.29 is 19.2 Å². The molecule has 2 N–H and O–H groups in total. The predicted octanol–water partition coefficient (Wildman–Crippen LogP) is 3.08. The van der Waals surface area contributed by atoms with Gasteiger partial charge in [0, 0.05) is 18.5 Å². The van der Waals surface area contributed by atoms with Crippen LogP contribution in [-0.4, -0.2) is 22.0 Å². The lowest BCUT2D eigenvalue weighted by Crippen LogP contribution is -2.34. The summed E-state index contributed by atoms with van der Waals surface area (Å²) in [6.07, 6.45) is 0.744. The Kier molecular flexibility index (Phi) is 5.36. The summed E-state index contributed by atoms with van der Waals surface area (Å²) in [6.45, 7) is 1.67. The van der Waals surface area contributed by atoms with Gasteiger partial charge in [-0.2, -0.15) is 0 Å². The van der Waals surface area contributed by atoms with Crippen LogP contribution in [0.15, 0.2) is 41.0 Å². The van der Waals surface area contributed by atoms with Crippen LogP contribution in [0.5, 0.6) is 0 Å². The maximum atomic E-state index is 12.3. The third-order valence-electron chi connectivity index (χ3n) is 3.24. The number of nitrogens with zero attached hydrogens (tertiary/aromatic N) is 1. The van der Waals surface area contributed by atoms with E-state index in [1.165, 1.54) is 24.5 Å². The van der Waals surface area contributed by atoms with Gasteiger partial charge in [0.2, 0.25) is 0 Å². The Bertz CT molecular complexity index is 702. The van der Waals surface area contributed by atoms with Crippen LogP contribution < -0.4 is 5.32 Å². The normalized spacial score (nSPS) is 13.3. The number of nitro benzene ring substituents is 1. The minimum absolute atomic E-state index is 0.00418. The summed E-state index contributed by atoms with van der Waals surface area (Å²) in [4.78, 5) is 22.6. The second-order valence-electron chi connectivity index (χ2n) is 5.03. The number of halogens is 1. The molecule has 1 amide bonds. The zero-order valence-electron chi connectivity index (χ0n) is 12.2. The lowest BCUT2D eigenvalue weighted by molar-refractivity contribution is -0.385. The average molecular weight is 339 g/mol. The lowest BCUT2D eigenvalue weighted by Gasteiger charge is -2.17. The van der Waals surface area contributed by atoms with Crippen molar-refractivity contribution in [2.75, 3.05) is 0 Å².